The third-order valence-electron chi connectivity index (χ3n) is 4.62. The normalized spacial score (nSPS) is 11.9. The molecule has 0 saturated heterocycles. The fourth-order valence-electron chi connectivity index (χ4n) is 3.12. The van der Waals surface area contributed by atoms with E-state index in [1.165, 1.54) is 42.5 Å². The number of carbonyl (C=O) groups excluding carboxylic acids is 1. The zero-order valence-electron chi connectivity index (χ0n) is 16.7. The number of carbonyl (C=O) groups is 1. The van der Waals surface area contributed by atoms with Crippen LogP contribution >= 0.6 is 0 Å². The van der Waals surface area contributed by atoms with E-state index in [0.29, 0.717) is 16.6 Å². The van der Waals surface area contributed by atoms with Crippen molar-refractivity contribution in [2.24, 2.45) is 0 Å². The van der Waals surface area contributed by atoms with Gasteiger partial charge >= 0.3 is 0 Å². The van der Waals surface area contributed by atoms with Crippen LogP contribution in [0.3, 0.4) is 0 Å². The van der Waals surface area contributed by atoms with Crippen LogP contribution in [0.5, 0.6) is 0 Å². The van der Waals surface area contributed by atoms with E-state index < -0.39 is 25.8 Å². The number of sulfone groups is 1. The summed E-state index contributed by atoms with van der Waals surface area (Å²) in [4.78, 5) is 12.4. The quantitative estimate of drug-likeness (QED) is 0.396. The summed E-state index contributed by atoms with van der Waals surface area (Å²) in [5.74, 6) is -0.507. The first-order valence-electron chi connectivity index (χ1n) is 9.31. The average molecular weight is 471 g/mol. The molecule has 1 aromatic heterocycles. The van der Waals surface area contributed by atoms with E-state index >= 15 is 0 Å². The first-order chi connectivity index (χ1) is 15.1. The van der Waals surface area contributed by atoms with Crippen LogP contribution in [0.25, 0.3) is 10.9 Å². The molecule has 4 aromatic rings. The fourth-order valence-corrected chi connectivity index (χ4v) is 5.14. The molecule has 9 nitrogen and oxygen atoms in total. The highest BCUT2D eigenvalue weighted by atomic mass is 32.2. The third-order valence-corrected chi connectivity index (χ3v) is 7.14. The minimum atomic E-state index is -4.15. The summed E-state index contributed by atoms with van der Waals surface area (Å²) in [6, 6.07) is 18.6. The maximum atomic E-state index is 13.0. The van der Waals surface area contributed by atoms with Gasteiger partial charge in [-0.05, 0) is 42.5 Å². The molecular weight excluding hydrogens is 452 g/mol. The summed E-state index contributed by atoms with van der Waals surface area (Å²) >= 11 is 0. The lowest BCUT2D eigenvalue weighted by Gasteiger charge is -2.11. The predicted octanol–water partition coefficient (Wildman–Crippen LogP) is 3.02. The summed E-state index contributed by atoms with van der Waals surface area (Å²) in [6.07, 6.45) is 0.995. The molecule has 0 fully saturated rings. The van der Waals surface area contributed by atoms with Gasteiger partial charge in [0, 0.05) is 17.3 Å². The smallest absolute Gasteiger partial charge is 0.276 e. The number of para-hydroxylation sites is 2. The summed E-state index contributed by atoms with van der Waals surface area (Å²) in [5, 5.41) is 9.73. The van der Waals surface area contributed by atoms with Gasteiger partial charge < -0.3 is 5.32 Å². The second-order valence-corrected chi connectivity index (χ2v) is 10.6. The van der Waals surface area contributed by atoms with Gasteiger partial charge in [-0.3, -0.25) is 14.6 Å². The molecular formula is C21H18N4O5S2. The van der Waals surface area contributed by atoms with Crippen molar-refractivity contribution in [1.29, 1.82) is 0 Å². The summed E-state index contributed by atoms with van der Waals surface area (Å²) < 4.78 is 52.3. The Labute approximate surface area is 184 Å². The van der Waals surface area contributed by atoms with Crippen molar-refractivity contribution in [2.45, 2.75) is 9.79 Å². The fraction of sp³-hybridized carbons (Fsp3) is 0.0476. The molecule has 32 heavy (non-hydrogen) atoms. The molecule has 0 aliphatic carbocycles. The summed E-state index contributed by atoms with van der Waals surface area (Å²) in [5.41, 5.74) is 0.997. The molecule has 0 atom stereocenters. The second-order valence-electron chi connectivity index (χ2n) is 6.97. The van der Waals surface area contributed by atoms with Gasteiger partial charge in [0.25, 0.3) is 15.9 Å². The molecule has 0 bridgehead atoms. The van der Waals surface area contributed by atoms with Crippen LogP contribution in [0.2, 0.25) is 0 Å². The molecule has 1 amide bonds. The van der Waals surface area contributed by atoms with E-state index in [9.17, 15) is 21.6 Å². The van der Waals surface area contributed by atoms with Gasteiger partial charge in [-0.15, -0.1) is 0 Å². The number of benzene rings is 3. The Balaban J connectivity index is 1.70. The Morgan fingerprint density at radius 1 is 0.906 bits per heavy atom. The van der Waals surface area contributed by atoms with Crippen molar-refractivity contribution in [3.63, 3.8) is 0 Å². The van der Waals surface area contributed by atoms with Crippen molar-refractivity contribution in [2.75, 3.05) is 16.3 Å². The SMILES string of the molecule is CS(=O)(=O)c1ccccc1NS(=O)(=O)c1ccc2[nH]nc(C(=O)Nc3ccccc3)c2c1. The molecule has 3 aromatic carbocycles. The minimum Gasteiger partial charge on any atom is -0.321 e. The number of hydrogen-bond acceptors (Lipinski definition) is 6. The van der Waals surface area contributed by atoms with Crippen molar-refractivity contribution >= 4 is 48.0 Å². The number of rotatable bonds is 6. The number of aromatic nitrogens is 2. The Hall–Kier alpha value is -3.70. The van der Waals surface area contributed by atoms with Crippen LogP contribution in [-0.2, 0) is 19.9 Å². The van der Waals surface area contributed by atoms with Crippen molar-refractivity contribution < 1.29 is 21.6 Å². The standard InChI is InChI=1S/C21H18N4O5S2/c1-31(27,28)19-10-6-5-9-18(19)25-32(29,30)15-11-12-17-16(13-15)20(24-23-17)21(26)22-14-7-3-2-4-8-14/h2-13,25H,1H3,(H,22,26)(H,23,24). The minimum absolute atomic E-state index is 0.0254. The molecule has 0 spiro atoms. The number of amides is 1. The van der Waals surface area contributed by atoms with Crippen molar-refractivity contribution in [1.82, 2.24) is 10.2 Å². The molecule has 0 saturated carbocycles. The first kappa shape index (κ1) is 21.5. The van der Waals surface area contributed by atoms with Crippen LogP contribution in [0.4, 0.5) is 11.4 Å². The number of nitrogens with one attached hydrogen (secondary N) is 3. The van der Waals surface area contributed by atoms with Gasteiger partial charge in [-0.25, -0.2) is 16.8 Å². The van der Waals surface area contributed by atoms with Gasteiger partial charge in [0.05, 0.1) is 21.0 Å². The van der Waals surface area contributed by atoms with Crippen molar-refractivity contribution in [3.05, 3.63) is 78.5 Å². The van der Waals surface area contributed by atoms with Gasteiger partial charge in [0.15, 0.2) is 15.5 Å². The third kappa shape index (κ3) is 4.34. The molecule has 0 radical (unpaired) electrons. The molecule has 0 unspecified atom stereocenters. The zero-order valence-corrected chi connectivity index (χ0v) is 18.4. The van der Waals surface area contributed by atoms with Gasteiger partial charge in [0.1, 0.15) is 0 Å². The molecule has 1 heterocycles. The Morgan fingerprint density at radius 2 is 1.59 bits per heavy atom. The molecule has 3 N–H and O–H groups in total. The molecule has 11 heteroatoms. The van der Waals surface area contributed by atoms with Crippen LogP contribution in [-0.4, -0.2) is 39.2 Å². The lowest BCUT2D eigenvalue weighted by Crippen LogP contribution is -2.15. The number of aromatic amines is 1. The summed E-state index contributed by atoms with van der Waals surface area (Å²) in [7, 11) is -7.81. The molecule has 4 rings (SSSR count). The zero-order chi connectivity index (χ0) is 22.9. The molecule has 164 valence electrons. The number of nitrogens with zero attached hydrogens (tertiary/aromatic N) is 1. The monoisotopic (exact) mass is 470 g/mol. The first-order valence-corrected chi connectivity index (χ1v) is 12.7. The summed E-state index contributed by atoms with van der Waals surface area (Å²) in [6.45, 7) is 0. The number of sulfonamides is 1. The topological polar surface area (TPSA) is 138 Å². The van der Waals surface area contributed by atoms with Gasteiger partial charge in [-0.2, -0.15) is 5.10 Å². The number of H-pyrrole nitrogens is 1. The highest BCUT2D eigenvalue weighted by molar-refractivity contribution is 7.93. The van der Waals surface area contributed by atoms with Crippen LogP contribution in [0.1, 0.15) is 10.5 Å². The van der Waals surface area contributed by atoms with Gasteiger partial charge in [0.2, 0.25) is 0 Å². The maximum Gasteiger partial charge on any atom is 0.276 e. The van der Waals surface area contributed by atoms with E-state index in [2.05, 4.69) is 20.2 Å². The van der Waals surface area contributed by atoms with Gasteiger partial charge in [-0.1, -0.05) is 30.3 Å². The highest BCUT2D eigenvalue weighted by Gasteiger charge is 2.22. The maximum absolute atomic E-state index is 13.0. The van der Waals surface area contributed by atoms with E-state index in [0.717, 1.165) is 6.26 Å². The largest absolute Gasteiger partial charge is 0.321 e. The van der Waals surface area contributed by atoms with Crippen LogP contribution < -0.4 is 10.0 Å². The lowest BCUT2D eigenvalue weighted by molar-refractivity contribution is 0.102. The van der Waals surface area contributed by atoms with Crippen LogP contribution in [0.15, 0.2) is 82.6 Å². The number of fused-ring (bicyclic) bond motifs is 1. The van der Waals surface area contributed by atoms with E-state index in [4.69, 9.17) is 0 Å². The van der Waals surface area contributed by atoms with E-state index in [1.54, 1.807) is 24.3 Å². The number of anilines is 2. The van der Waals surface area contributed by atoms with Crippen molar-refractivity contribution in [3.8, 4) is 0 Å². The predicted molar refractivity (Wildman–Crippen MR) is 121 cm³/mol. The van der Waals surface area contributed by atoms with E-state index in [1.807, 2.05) is 6.07 Å². The molecule has 0 aliphatic heterocycles. The van der Waals surface area contributed by atoms with E-state index in [-0.39, 0.29) is 21.2 Å². The lowest BCUT2D eigenvalue weighted by atomic mass is 10.2. The highest BCUT2D eigenvalue weighted by Crippen LogP contribution is 2.26. The number of hydrogen-bond donors (Lipinski definition) is 3. The Kier molecular flexibility index (Phi) is 5.45. The second kappa shape index (κ2) is 8.09. The average Bonchev–Trinajstić information content (AvgIpc) is 3.17. The Bertz CT molecular complexity index is 1530. The van der Waals surface area contributed by atoms with Crippen LogP contribution in [0, 0.1) is 0 Å². The Morgan fingerprint density at radius 3 is 2.31 bits per heavy atom. The molecule has 0 aliphatic rings.